The molecule has 3 rings (SSSR count). The van der Waals surface area contributed by atoms with Crippen molar-refractivity contribution in [3.05, 3.63) is 52.6 Å². The smallest absolute Gasteiger partial charge is 0.221 e. The number of aromatic amines is 1. The quantitative estimate of drug-likeness (QED) is 0.397. The summed E-state index contributed by atoms with van der Waals surface area (Å²) in [5.74, 6) is 0.547. The molecule has 0 spiro atoms. The van der Waals surface area contributed by atoms with Gasteiger partial charge in [0.2, 0.25) is 5.91 Å². The number of rotatable bonds is 9. The van der Waals surface area contributed by atoms with E-state index >= 15 is 0 Å². The van der Waals surface area contributed by atoms with E-state index in [1.807, 2.05) is 17.5 Å². The van der Waals surface area contributed by atoms with Gasteiger partial charge in [-0.05, 0) is 42.2 Å². The van der Waals surface area contributed by atoms with E-state index in [0.29, 0.717) is 35.0 Å². The highest BCUT2D eigenvalue weighted by Gasteiger charge is 2.14. The largest absolute Gasteiger partial charge is 0.356 e. The Morgan fingerprint density at radius 1 is 1.21 bits per heavy atom. The minimum atomic E-state index is -3.32. The van der Waals surface area contributed by atoms with Gasteiger partial charge in [-0.25, -0.2) is 8.42 Å². The molecule has 2 N–H and O–H groups in total. The number of hydrogen-bond donors (Lipinski definition) is 2. The number of sulfone groups is 1. The molecule has 2 aromatic heterocycles. The molecule has 2 heterocycles. The first-order chi connectivity index (χ1) is 13.5. The number of thiophene rings is 1. The molecular formula is C18H20N4O3S3. The van der Waals surface area contributed by atoms with Crippen LogP contribution in [0.5, 0.6) is 0 Å². The van der Waals surface area contributed by atoms with Crippen LogP contribution in [0.2, 0.25) is 0 Å². The van der Waals surface area contributed by atoms with Gasteiger partial charge in [-0.1, -0.05) is 24.3 Å². The van der Waals surface area contributed by atoms with Crippen LogP contribution in [-0.4, -0.2) is 41.4 Å². The average Bonchev–Trinajstić information content (AvgIpc) is 3.34. The third-order valence-electron chi connectivity index (χ3n) is 4.08. The number of H-pyrrole nitrogens is 1. The normalized spacial score (nSPS) is 11.4. The Morgan fingerprint density at radius 2 is 2.00 bits per heavy atom. The van der Waals surface area contributed by atoms with Crippen LogP contribution >= 0.6 is 23.6 Å². The first-order valence-corrected chi connectivity index (χ1v) is 11.6. The minimum Gasteiger partial charge on any atom is -0.356 e. The maximum absolute atomic E-state index is 12.2. The number of aromatic nitrogens is 3. The zero-order valence-electron chi connectivity index (χ0n) is 15.0. The van der Waals surface area contributed by atoms with E-state index in [-0.39, 0.29) is 18.1 Å². The molecule has 0 radical (unpaired) electrons. The molecule has 1 aromatic carbocycles. The summed E-state index contributed by atoms with van der Waals surface area (Å²) in [6, 6.07) is 12.2. The SMILES string of the molecule is O=C(CCn1c(-c2cccs2)n[nH]c1=S)NCCCS(=O)(=O)c1ccccc1. The fourth-order valence-corrected chi connectivity index (χ4v) is 4.93. The van der Waals surface area contributed by atoms with Crippen LogP contribution in [0.3, 0.4) is 0 Å². The fraction of sp³-hybridized carbons (Fsp3) is 0.278. The molecule has 0 aliphatic carbocycles. The van der Waals surface area contributed by atoms with Crippen molar-refractivity contribution in [2.75, 3.05) is 12.3 Å². The van der Waals surface area contributed by atoms with Gasteiger partial charge in [0.25, 0.3) is 0 Å². The van der Waals surface area contributed by atoms with Gasteiger partial charge in [-0.3, -0.25) is 14.5 Å². The summed E-state index contributed by atoms with van der Waals surface area (Å²) in [6.45, 7) is 0.705. The summed E-state index contributed by atoms with van der Waals surface area (Å²) in [7, 11) is -3.32. The lowest BCUT2D eigenvalue weighted by Gasteiger charge is -2.08. The van der Waals surface area contributed by atoms with E-state index < -0.39 is 9.84 Å². The van der Waals surface area contributed by atoms with Crippen LogP contribution in [0, 0.1) is 4.77 Å². The second-order valence-corrected chi connectivity index (χ2v) is 9.51. The maximum Gasteiger partial charge on any atom is 0.221 e. The Hall–Kier alpha value is -2.30. The Morgan fingerprint density at radius 3 is 2.71 bits per heavy atom. The Balaban J connectivity index is 1.46. The van der Waals surface area contributed by atoms with Gasteiger partial charge < -0.3 is 5.32 Å². The molecule has 0 atom stereocenters. The monoisotopic (exact) mass is 436 g/mol. The van der Waals surface area contributed by atoms with Crippen molar-refractivity contribution in [1.82, 2.24) is 20.1 Å². The summed E-state index contributed by atoms with van der Waals surface area (Å²) in [5.41, 5.74) is 0. The number of carbonyl (C=O) groups is 1. The van der Waals surface area contributed by atoms with Crippen molar-refractivity contribution >= 4 is 39.3 Å². The Kier molecular flexibility index (Phi) is 6.76. The number of carbonyl (C=O) groups excluding carboxylic acids is 1. The molecule has 0 saturated carbocycles. The van der Waals surface area contributed by atoms with Crippen LogP contribution in [-0.2, 0) is 21.2 Å². The number of nitrogens with one attached hydrogen (secondary N) is 2. The van der Waals surface area contributed by atoms with Gasteiger partial charge >= 0.3 is 0 Å². The fourth-order valence-electron chi connectivity index (χ4n) is 2.66. The molecule has 10 heteroatoms. The van der Waals surface area contributed by atoms with E-state index in [2.05, 4.69) is 15.5 Å². The molecule has 1 amide bonds. The highest BCUT2D eigenvalue weighted by Crippen LogP contribution is 2.22. The van der Waals surface area contributed by atoms with E-state index in [9.17, 15) is 13.2 Å². The van der Waals surface area contributed by atoms with Crippen molar-refractivity contribution in [3.8, 4) is 10.7 Å². The standard InChI is InChI=1S/C18H20N4O3S3/c23-16(19-10-5-13-28(24,25)14-6-2-1-3-7-14)9-11-22-17(20-21-18(22)26)15-8-4-12-27-15/h1-4,6-8,12H,5,9-11,13H2,(H,19,23)(H,21,26). The van der Waals surface area contributed by atoms with Gasteiger partial charge in [-0.2, -0.15) is 5.10 Å². The van der Waals surface area contributed by atoms with Crippen molar-refractivity contribution in [2.45, 2.75) is 24.3 Å². The lowest BCUT2D eigenvalue weighted by atomic mass is 10.3. The second kappa shape index (κ2) is 9.26. The highest BCUT2D eigenvalue weighted by molar-refractivity contribution is 7.91. The third kappa shape index (κ3) is 5.15. The number of amides is 1. The summed E-state index contributed by atoms with van der Waals surface area (Å²) in [6.07, 6.45) is 0.589. The van der Waals surface area contributed by atoms with Gasteiger partial charge in [0.15, 0.2) is 20.4 Å². The summed E-state index contributed by atoms with van der Waals surface area (Å²) in [5, 5.41) is 11.7. The second-order valence-electron chi connectivity index (χ2n) is 6.07. The zero-order chi connectivity index (χ0) is 20.0. The lowest BCUT2D eigenvalue weighted by Crippen LogP contribution is -2.27. The lowest BCUT2D eigenvalue weighted by molar-refractivity contribution is -0.121. The third-order valence-corrected chi connectivity index (χ3v) is 7.07. The molecule has 0 unspecified atom stereocenters. The molecule has 0 aliphatic heterocycles. The predicted octanol–water partition coefficient (Wildman–Crippen LogP) is 3.04. The summed E-state index contributed by atoms with van der Waals surface area (Å²) >= 11 is 6.79. The molecular weight excluding hydrogens is 416 g/mol. The average molecular weight is 437 g/mol. The van der Waals surface area contributed by atoms with Crippen molar-refractivity contribution in [3.63, 3.8) is 0 Å². The van der Waals surface area contributed by atoms with Crippen molar-refractivity contribution < 1.29 is 13.2 Å². The van der Waals surface area contributed by atoms with Crippen LogP contribution in [0.1, 0.15) is 12.8 Å². The zero-order valence-corrected chi connectivity index (χ0v) is 17.4. The number of hydrogen-bond acceptors (Lipinski definition) is 6. The number of nitrogens with zero attached hydrogens (tertiary/aromatic N) is 2. The molecule has 0 bridgehead atoms. The first kappa shape index (κ1) is 20.4. The van der Waals surface area contributed by atoms with E-state index in [1.54, 1.807) is 46.2 Å². The van der Waals surface area contributed by atoms with Gasteiger partial charge in [0.1, 0.15) is 0 Å². The van der Waals surface area contributed by atoms with Gasteiger partial charge in [0, 0.05) is 19.5 Å². The molecule has 148 valence electrons. The molecule has 0 fully saturated rings. The van der Waals surface area contributed by atoms with E-state index in [1.165, 1.54) is 0 Å². The molecule has 28 heavy (non-hydrogen) atoms. The highest BCUT2D eigenvalue weighted by atomic mass is 32.2. The topological polar surface area (TPSA) is 96.8 Å². The van der Waals surface area contributed by atoms with E-state index in [4.69, 9.17) is 12.2 Å². The van der Waals surface area contributed by atoms with Crippen LogP contribution in [0.15, 0.2) is 52.7 Å². The Bertz CT molecular complexity index is 1070. The number of benzene rings is 1. The maximum atomic E-state index is 12.2. The molecule has 0 saturated heterocycles. The summed E-state index contributed by atoms with van der Waals surface area (Å²) < 4.78 is 26.7. The predicted molar refractivity (Wildman–Crippen MR) is 111 cm³/mol. The molecule has 0 aliphatic rings. The van der Waals surface area contributed by atoms with Crippen LogP contribution < -0.4 is 5.32 Å². The molecule has 7 nitrogen and oxygen atoms in total. The van der Waals surface area contributed by atoms with Crippen molar-refractivity contribution in [2.24, 2.45) is 0 Å². The van der Waals surface area contributed by atoms with Crippen LogP contribution in [0.25, 0.3) is 10.7 Å². The van der Waals surface area contributed by atoms with E-state index in [0.717, 1.165) is 4.88 Å². The Labute approximate surface area is 172 Å². The van der Waals surface area contributed by atoms with Gasteiger partial charge in [-0.15, -0.1) is 11.3 Å². The van der Waals surface area contributed by atoms with Crippen LogP contribution in [0.4, 0.5) is 0 Å². The minimum absolute atomic E-state index is 0.00733. The van der Waals surface area contributed by atoms with Gasteiger partial charge in [0.05, 0.1) is 15.5 Å². The summed E-state index contributed by atoms with van der Waals surface area (Å²) in [4.78, 5) is 13.4. The van der Waals surface area contributed by atoms with Crippen molar-refractivity contribution in [1.29, 1.82) is 0 Å². The molecule has 3 aromatic rings. The first-order valence-electron chi connectivity index (χ1n) is 8.71.